The van der Waals surface area contributed by atoms with Gasteiger partial charge < -0.3 is 4.74 Å². The van der Waals surface area contributed by atoms with Gasteiger partial charge in [-0.15, -0.1) is 0 Å². The summed E-state index contributed by atoms with van der Waals surface area (Å²) in [6.45, 7) is 3.48. The van der Waals surface area contributed by atoms with Crippen LogP contribution in [0.5, 0.6) is 0 Å². The van der Waals surface area contributed by atoms with Crippen molar-refractivity contribution >= 4 is 29.3 Å². The standard InChI is InChI=1S/C32H29NO5/c1-18-8-10-21(11-9-18)29(34)19(2)38-32(37)22-12-14-24(15-13-22)33-30(35)27-23-16-25(20-6-4-3-5-7-20)26(17-23)28(27)31(33)36/h3-15,19,23,25-28H,16-17H2,1-2H3/t19-,23-,25-,26+,27+,28-/m0/s1. The lowest BCUT2D eigenvalue weighted by molar-refractivity contribution is -0.123. The molecule has 2 amide bonds. The maximum Gasteiger partial charge on any atom is 0.338 e. The number of imide groups is 1. The number of esters is 1. The maximum absolute atomic E-state index is 13.5. The molecular weight excluding hydrogens is 478 g/mol. The second-order valence-electron chi connectivity index (χ2n) is 10.8. The van der Waals surface area contributed by atoms with E-state index in [1.807, 2.05) is 37.3 Å². The van der Waals surface area contributed by atoms with E-state index in [4.69, 9.17) is 4.74 Å². The van der Waals surface area contributed by atoms with Gasteiger partial charge in [0.05, 0.1) is 23.1 Å². The number of benzene rings is 3. The summed E-state index contributed by atoms with van der Waals surface area (Å²) in [5.74, 6) is -1.03. The zero-order chi connectivity index (χ0) is 26.6. The quantitative estimate of drug-likeness (QED) is 0.255. The van der Waals surface area contributed by atoms with E-state index in [0.717, 1.165) is 18.4 Å². The SMILES string of the molecule is Cc1ccc(C(=O)[C@H](C)OC(=O)c2ccc(N3C(=O)[C@@H]4[C@@H]5C[C@@H]([C@@H]4C3=O)[C@H](c3ccccc3)C5)cc2)cc1. The first-order valence-electron chi connectivity index (χ1n) is 13.2. The molecule has 38 heavy (non-hydrogen) atoms. The van der Waals surface area contributed by atoms with Crippen LogP contribution in [0.3, 0.4) is 0 Å². The monoisotopic (exact) mass is 507 g/mol. The number of aryl methyl sites for hydroxylation is 1. The van der Waals surface area contributed by atoms with Crippen LogP contribution >= 0.6 is 0 Å². The summed E-state index contributed by atoms with van der Waals surface area (Å²) in [6.07, 6.45) is 0.913. The molecule has 6 heteroatoms. The summed E-state index contributed by atoms with van der Waals surface area (Å²) >= 11 is 0. The summed E-state index contributed by atoms with van der Waals surface area (Å²) in [6, 6.07) is 23.7. The molecule has 1 aliphatic heterocycles. The minimum Gasteiger partial charge on any atom is -0.451 e. The molecule has 3 fully saturated rings. The molecule has 1 saturated heterocycles. The van der Waals surface area contributed by atoms with Crippen molar-refractivity contribution in [2.24, 2.45) is 23.7 Å². The number of Topliss-reactive ketones (excluding diaryl/α,β-unsaturated/α-hetero) is 1. The summed E-state index contributed by atoms with van der Waals surface area (Å²) in [5.41, 5.74) is 3.47. The highest BCUT2D eigenvalue weighted by atomic mass is 16.5. The highest BCUT2D eigenvalue weighted by Gasteiger charge is 2.64. The normalized spacial score (nSPS) is 26.4. The van der Waals surface area contributed by atoms with Crippen molar-refractivity contribution in [3.63, 3.8) is 0 Å². The lowest BCUT2D eigenvalue weighted by atomic mass is 9.73. The minimum atomic E-state index is -0.945. The minimum absolute atomic E-state index is 0.133. The van der Waals surface area contributed by atoms with E-state index in [0.29, 0.717) is 17.2 Å². The van der Waals surface area contributed by atoms with Crippen molar-refractivity contribution in [1.29, 1.82) is 0 Å². The Kier molecular flexibility index (Phi) is 5.98. The van der Waals surface area contributed by atoms with Gasteiger partial charge in [-0.25, -0.2) is 4.79 Å². The van der Waals surface area contributed by atoms with Crippen molar-refractivity contribution in [3.05, 3.63) is 101 Å². The summed E-state index contributed by atoms with van der Waals surface area (Å²) in [4.78, 5) is 53.6. The number of anilines is 1. The zero-order valence-electron chi connectivity index (χ0n) is 21.4. The topological polar surface area (TPSA) is 80.8 Å². The smallest absolute Gasteiger partial charge is 0.338 e. The number of amides is 2. The molecule has 0 spiro atoms. The van der Waals surface area contributed by atoms with Gasteiger partial charge in [-0.2, -0.15) is 0 Å². The fourth-order valence-corrected chi connectivity index (χ4v) is 6.78. The zero-order valence-corrected chi connectivity index (χ0v) is 21.4. The Morgan fingerprint density at radius 1 is 0.816 bits per heavy atom. The highest BCUT2D eigenvalue weighted by molar-refractivity contribution is 6.22. The molecule has 0 aromatic heterocycles. The fraction of sp³-hybridized carbons (Fsp3) is 0.312. The van der Waals surface area contributed by atoms with Crippen molar-refractivity contribution in [1.82, 2.24) is 0 Å². The summed E-state index contributed by atoms with van der Waals surface area (Å²) < 4.78 is 5.41. The average Bonchev–Trinajstić information content (AvgIpc) is 3.60. The van der Waals surface area contributed by atoms with E-state index >= 15 is 0 Å². The number of ketones is 1. The molecule has 3 aromatic carbocycles. The van der Waals surface area contributed by atoms with Crippen LogP contribution in [0.4, 0.5) is 5.69 Å². The maximum atomic E-state index is 13.5. The molecule has 0 unspecified atom stereocenters. The van der Waals surface area contributed by atoms with Crippen molar-refractivity contribution in [3.8, 4) is 0 Å². The number of hydrogen-bond acceptors (Lipinski definition) is 5. The van der Waals surface area contributed by atoms with Gasteiger partial charge in [0.2, 0.25) is 17.6 Å². The predicted octanol–water partition coefficient (Wildman–Crippen LogP) is 5.35. The van der Waals surface area contributed by atoms with Crippen LogP contribution in [0.2, 0.25) is 0 Å². The van der Waals surface area contributed by atoms with Crippen molar-refractivity contribution in [2.75, 3.05) is 4.90 Å². The molecule has 3 aliphatic rings. The Morgan fingerprint density at radius 2 is 1.45 bits per heavy atom. The van der Waals surface area contributed by atoms with Gasteiger partial charge in [0, 0.05) is 5.56 Å². The van der Waals surface area contributed by atoms with Gasteiger partial charge in [0.25, 0.3) is 0 Å². The Bertz CT molecular complexity index is 1410. The molecule has 0 radical (unpaired) electrons. The molecule has 3 aromatic rings. The number of fused-ring (bicyclic) bond motifs is 5. The van der Waals surface area contributed by atoms with Gasteiger partial charge >= 0.3 is 5.97 Å². The van der Waals surface area contributed by atoms with Crippen molar-refractivity contribution in [2.45, 2.75) is 38.7 Å². The molecular formula is C32H29NO5. The number of ether oxygens (including phenoxy) is 1. The molecule has 2 bridgehead atoms. The highest BCUT2D eigenvalue weighted by Crippen LogP contribution is 2.61. The van der Waals surface area contributed by atoms with E-state index in [2.05, 4.69) is 12.1 Å². The van der Waals surface area contributed by atoms with E-state index in [1.54, 1.807) is 31.2 Å². The number of carbonyl (C=O) groups is 4. The number of rotatable bonds is 6. The predicted molar refractivity (Wildman–Crippen MR) is 142 cm³/mol. The van der Waals surface area contributed by atoms with Gasteiger partial charge in [0.15, 0.2) is 6.10 Å². The molecule has 6 atom stereocenters. The third-order valence-electron chi connectivity index (χ3n) is 8.59. The Balaban J connectivity index is 1.15. The third kappa shape index (κ3) is 3.95. The lowest BCUT2D eigenvalue weighted by Gasteiger charge is -2.28. The molecule has 192 valence electrons. The number of nitrogens with zero attached hydrogens (tertiary/aromatic N) is 1. The first kappa shape index (κ1) is 24.3. The largest absolute Gasteiger partial charge is 0.451 e. The van der Waals surface area contributed by atoms with E-state index in [-0.39, 0.29) is 46.8 Å². The van der Waals surface area contributed by atoms with Crippen LogP contribution in [0.15, 0.2) is 78.9 Å². The Labute approximate surface area is 221 Å². The Hall–Kier alpha value is -4.06. The van der Waals surface area contributed by atoms with Crippen LogP contribution < -0.4 is 4.90 Å². The van der Waals surface area contributed by atoms with Crippen LogP contribution in [-0.4, -0.2) is 29.7 Å². The number of hydrogen-bond donors (Lipinski definition) is 0. The second-order valence-corrected chi connectivity index (χ2v) is 10.8. The van der Waals surface area contributed by atoms with Gasteiger partial charge in [-0.3, -0.25) is 19.3 Å². The first-order chi connectivity index (χ1) is 18.3. The average molecular weight is 508 g/mol. The summed E-state index contributed by atoms with van der Waals surface area (Å²) in [5, 5.41) is 0. The van der Waals surface area contributed by atoms with E-state index < -0.39 is 12.1 Å². The fourth-order valence-electron chi connectivity index (χ4n) is 6.78. The third-order valence-corrected chi connectivity index (χ3v) is 8.59. The molecule has 2 saturated carbocycles. The molecule has 6 nitrogen and oxygen atoms in total. The van der Waals surface area contributed by atoms with E-state index in [1.165, 1.54) is 22.6 Å². The molecule has 2 aliphatic carbocycles. The van der Waals surface area contributed by atoms with Gasteiger partial charge in [0.1, 0.15) is 0 Å². The van der Waals surface area contributed by atoms with Crippen LogP contribution in [0.1, 0.15) is 57.5 Å². The van der Waals surface area contributed by atoms with Gasteiger partial charge in [-0.1, -0.05) is 60.2 Å². The number of carbonyl (C=O) groups excluding carboxylic acids is 4. The van der Waals surface area contributed by atoms with Gasteiger partial charge in [-0.05, 0) is 74.3 Å². The first-order valence-corrected chi connectivity index (χ1v) is 13.2. The van der Waals surface area contributed by atoms with Crippen LogP contribution in [-0.2, 0) is 14.3 Å². The molecule has 0 N–H and O–H groups in total. The summed E-state index contributed by atoms with van der Waals surface area (Å²) in [7, 11) is 0. The molecule has 1 heterocycles. The van der Waals surface area contributed by atoms with Crippen LogP contribution in [0.25, 0.3) is 0 Å². The second kappa shape index (κ2) is 9.35. The van der Waals surface area contributed by atoms with Crippen molar-refractivity contribution < 1.29 is 23.9 Å². The Morgan fingerprint density at radius 3 is 2.13 bits per heavy atom. The molecule has 6 rings (SSSR count). The lowest BCUT2D eigenvalue weighted by Crippen LogP contribution is -2.33. The van der Waals surface area contributed by atoms with E-state index in [9.17, 15) is 19.2 Å². The van der Waals surface area contributed by atoms with Crippen LogP contribution in [0, 0.1) is 30.6 Å².